The van der Waals surface area contributed by atoms with Gasteiger partial charge >= 0.3 is 0 Å². The molecular weight excluding hydrogens is 414 g/mol. The van der Waals surface area contributed by atoms with E-state index in [1.54, 1.807) is 6.08 Å². The van der Waals surface area contributed by atoms with E-state index in [1.807, 2.05) is 0 Å². The third kappa shape index (κ3) is 3.75. The van der Waals surface area contributed by atoms with Crippen LogP contribution in [0.1, 0.15) is 11.8 Å². The maximum atomic E-state index is 12.6. The van der Waals surface area contributed by atoms with Crippen molar-refractivity contribution in [2.75, 3.05) is 12.3 Å². The smallest absolute Gasteiger partial charge is 0.262 e. The van der Waals surface area contributed by atoms with E-state index in [-0.39, 0.29) is 23.5 Å². The van der Waals surface area contributed by atoms with Crippen LogP contribution >= 0.6 is 0 Å². The minimum atomic E-state index is -1.62. The van der Waals surface area contributed by atoms with Gasteiger partial charge in [0.2, 0.25) is 5.95 Å². The number of rotatable bonds is 5. The summed E-state index contributed by atoms with van der Waals surface area (Å²) >= 11 is 0. The lowest BCUT2D eigenvalue weighted by Crippen LogP contribution is -2.56. The summed E-state index contributed by atoms with van der Waals surface area (Å²) in [6.07, 6.45) is -4.71. The molecule has 8 atom stereocenters. The highest BCUT2D eigenvalue weighted by atomic mass is 16.6. The van der Waals surface area contributed by atoms with Crippen molar-refractivity contribution < 1.29 is 35.4 Å². The molecule has 1 aliphatic heterocycles. The molecule has 170 valence electrons. The van der Waals surface area contributed by atoms with Crippen LogP contribution in [0.3, 0.4) is 0 Å². The zero-order valence-corrected chi connectivity index (χ0v) is 16.2. The van der Waals surface area contributed by atoms with Gasteiger partial charge < -0.3 is 51.0 Å². The molecular formula is C18H25N5O8. The molecule has 1 saturated heterocycles. The molecule has 0 spiro atoms. The van der Waals surface area contributed by atoms with Crippen molar-refractivity contribution in [2.24, 2.45) is 0 Å². The number of aliphatic hydroxyl groups excluding tert-OH is 6. The number of ether oxygens (including phenoxy) is 1. The molecule has 3 heterocycles. The molecule has 1 aliphatic carbocycles. The van der Waals surface area contributed by atoms with E-state index in [1.165, 1.54) is 16.8 Å². The molecule has 2 aliphatic rings. The van der Waals surface area contributed by atoms with Crippen LogP contribution < -0.4 is 16.6 Å². The van der Waals surface area contributed by atoms with Crippen LogP contribution in [0.4, 0.5) is 5.95 Å². The van der Waals surface area contributed by atoms with Gasteiger partial charge in [-0.1, -0.05) is 12.2 Å². The number of nitrogens with zero attached hydrogens (tertiary/aromatic N) is 2. The molecule has 0 unspecified atom stereocenters. The van der Waals surface area contributed by atoms with Crippen LogP contribution in [0.2, 0.25) is 0 Å². The second-order valence-corrected chi connectivity index (χ2v) is 7.70. The second-order valence-electron chi connectivity index (χ2n) is 7.70. The molecule has 2 aromatic heterocycles. The van der Waals surface area contributed by atoms with Gasteiger partial charge in [-0.2, -0.15) is 4.98 Å². The van der Waals surface area contributed by atoms with Crippen molar-refractivity contribution in [3.8, 4) is 0 Å². The van der Waals surface area contributed by atoms with Gasteiger partial charge in [0.1, 0.15) is 30.5 Å². The van der Waals surface area contributed by atoms with Gasteiger partial charge in [-0.15, -0.1) is 0 Å². The lowest BCUT2D eigenvalue weighted by atomic mass is 9.98. The maximum absolute atomic E-state index is 12.6. The molecule has 0 bridgehead atoms. The van der Waals surface area contributed by atoms with Crippen molar-refractivity contribution in [1.29, 1.82) is 0 Å². The summed E-state index contributed by atoms with van der Waals surface area (Å²) in [5.41, 5.74) is 5.61. The molecule has 10 N–H and O–H groups in total. The largest absolute Gasteiger partial charge is 0.394 e. The van der Waals surface area contributed by atoms with Gasteiger partial charge in [0.15, 0.2) is 11.9 Å². The second kappa shape index (κ2) is 8.29. The molecule has 31 heavy (non-hydrogen) atoms. The van der Waals surface area contributed by atoms with E-state index in [0.29, 0.717) is 5.56 Å². The van der Waals surface area contributed by atoms with E-state index in [4.69, 9.17) is 10.5 Å². The number of aliphatic hydroxyl groups is 6. The first-order valence-corrected chi connectivity index (χ1v) is 9.70. The minimum absolute atomic E-state index is 0.0601. The summed E-state index contributed by atoms with van der Waals surface area (Å²) in [6, 6.07) is -0.554. The number of nitrogens with one attached hydrogen (secondary N) is 2. The topological polar surface area (TPSA) is 219 Å². The Labute approximate surface area is 175 Å². The van der Waals surface area contributed by atoms with Crippen LogP contribution in [-0.2, 0) is 11.3 Å². The van der Waals surface area contributed by atoms with Gasteiger partial charge in [-0.3, -0.25) is 9.78 Å². The number of fused-ring (bicyclic) bond motifs is 1. The summed E-state index contributed by atoms with van der Waals surface area (Å²) in [4.78, 5) is 19.1. The summed E-state index contributed by atoms with van der Waals surface area (Å²) in [5.74, 6) is -0.182. The number of hydrogen-bond donors (Lipinski definition) is 9. The fraction of sp³-hybridized carbons (Fsp3) is 0.556. The van der Waals surface area contributed by atoms with E-state index < -0.39 is 61.1 Å². The average molecular weight is 439 g/mol. The quantitative estimate of drug-likeness (QED) is 0.205. The normalized spacial score (nSPS) is 35.8. The first-order valence-electron chi connectivity index (χ1n) is 9.70. The van der Waals surface area contributed by atoms with Crippen LogP contribution in [0.25, 0.3) is 11.0 Å². The Morgan fingerprint density at radius 3 is 2.52 bits per heavy atom. The lowest BCUT2D eigenvalue weighted by molar-refractivity contribution is -0.250. The Balaban J connectivity index is 1.72. The molecule has 13 nitrogen and oxygen atoms in total. The molecule has 1 fully saturated rings. The maximum Gasteiger partial charge on any atom is 0.262 e. The number of anilines is 1. The molecule has 4 rings (SSSR count). The zero-order chi connectivity index (χ0) is 22.4. The Bertz CT molecular complexity index is 1040. The number of aromatic nitrogens is 3. The van der Waals surface area contributed by atoms with Gasteiger partial charge in [-0.05, 0) is 5.56 Å². The summed E-state index contributed by atoms with van der Waals surface area (Å²) in [7, 11) is 0. The monoisotopic (exact) mass is 439 g/mol. The SMILES string of the molecule is Nc1nc2c(c(CN[C@H]3C=C[C@H](O)[C@@H]3O)cn2[C@H]2O[C@H](CO)[C@@H](O)[C@H](O)[C@@H]2O)c(=O)[nH]1. The highest BCUT2D eigenvalue weighted by Gasteiger charge is 2.45. The molecule has 0 saturated carbocycles. The fourth-order valence-electron chi connectivity index (χ4n) is 3.98. The standard InChI is InChI=1S/C18H25N5O8/c19-18-21-15-10(16(30)22-18)6(3-20-7-1-2-8(25)11(7)26)4-23(15)17-14(29)13(28)12(27)9(5-24)31-17/h1-2,4,7-9,11-14,17,20,24-29H,3,5H2,(H3,19,21,22,30)/t7-,8-,9+,11+,12+,13-,14-,17-/m0/s1. The third-order valence-electron chi connectivity index (χ3n) is 5.68. The first kappa shape index (κ1) is 21.9. The van der Waals surface area contributed by atoms with Crippen LogP contribution in [-0.4, -0.2) is 94.4 Å². The Kier molecular flexibility index (Phi) is 5.85. The average Bonchev–Trinajstić information content (AvgIpc) is 3.25. The van der Waals surface area contributed by atoms with Crippen molar-refractivity contribution in [3.63, 3.8) is 0 Å². The van der Waals surface area contributed by atoms with Crippen molar-refractivity contribution in [3.05, 3.63) is 34.3 Å². The summed E-state index contributed by atoms with van der Waals surface area (Å²) in [6.45, 7) is -0.534. The van der Waals surface area contributed by atoms with Crippen molar-refractivity contribution in [1.82, 2.24) is 19.9 Å². The first-order chi connectivity index (χ1) is 14.7. The number of nitrogen functional groups attached to an aromatic ring is 1. The molecule has 0 aromatic carbocycles. The fourth-order valence-corrected chi connectivity index (χ4v) is 3.98. The number of aromatic amines is 1. The van der Waals surface area contributed by atoms with Crippen LogP contribution in [0.15, 0.2) is 23.1 Å². The van der Waals surface area contributed by atoms with Gasteiger partial charge in [0.05, 0.1) is 24.1 Å². The molecule has 0 radical (unpaired) electrons. The number of H-pyrrole nitrogens is 1. The Hall–Kier alpha value is -2.36. The summed E-state index contributed by atoms with van der Waals surface area (Å²) < 4.78 is 6.88. The van der Waals surface area contributed by atoms with E-state index >= 15 is 0 Å². The van der Waals surface area contributed by atoms with Gasteiger partial charge in [-0.25, -0.2) is 0 Å². The van der Waals surface area contributed by atoms with Crippen LogP contribution in [0, 0.1) is 0 Å². The van der Waals surface area contributed by atoms with E-state index in [0.717, 1.165) is 0 Å². The highest BCUT2D eigenvalue weighted by molar-refractivity contribution is 5.80. The van der Waals surface area contributed by atoms with Gasteiger partial charge in [0, 0.05) is 12.7 Å². The van der Waals surface area contributed by atoms with E-state index in [2.05, 4.69) is 15.3 Å². The number of hydrogen-bond acceptors (Lipinski definition) is 11. The molecule has 13 heteroatoms. The van der Waals surface area contributed by atoms with Crippen molar-refractivity contribution >= 4 is 17.0 Å². The van der Waals surface area contributed by atoms with Gasteiger partial charge in [0.25, 0.3) is 5.56 Å². The highest BCUT2D eigenvalue weighted by Crippen LogP contribution is 2.32. The lowest BCUT2D eigenvalue weighted by Gasteiger charge is -2.40. The predicted molar refractivity (Wildman–Crippen MR) is 106 cm³/mol. The molecule has 0 amide bonds. The third-order valence-corrected chi connectivity index (χ3v) is 5.68. The molecule has 2 aromatic rings. The zero-order valence-electron chi connectivity index (χ0n) is 16.2. The summed E-state index contributed by atoms with van der Waals surface area (Å²) in [5, 5.41) is 62.9. The Morgan fingerprint density at radius 2 is 1.87 bits per heavy atom. The Morgan fingerprint density at radius 1 is 1.13 bits per heavy atom. The predicted octanol–water partition coefficient (Wildman–Crippen LogP) is -3.97. The number of nitrogens with two attached hydrogens (primary N) is 1. The minimum Gasteiger partial charge on any atom is -0.394 e. The van der Waals surface area contributed by atoms with Crippen molar-refractivity contribution in [2.45, 2.75) is 55.4 Å². The van der Waals surface area contributed by atoms with E-state index in [9.17, 15) is 35.4 Å². The van der Waals surface area contributed by atoms with Crippen LogP contribution in [0.5, 0.6) is 0 Å².